The summed E-state index contributed by atoms with van der Waals surface area (Å²) in [7, 11) is 0. The van der Waals surface area contributed by atoms with Gasteiger partial charge in [-0.15, -0.1) is 0 Å². The Bertz CT molecular complexity index is 721. The number of aliphatic hydroxyl groups is 2. The Labute approximate surface area is 372 Å². The van der Waals surface area contributed by atoms with Crippen LogP contribution in [0.3, 0.4) is 0 Å². The van der Waals surface area contributed by atoms with E-state index in [1.165, 1.54) is 103 Å². The van der Waals surface area contributed by atoms with Crippen LogP contribution < -0.4 is 0 Å². The van der Waals surface area contributed by atoms with Crippen LogP contribution in [0.15, 0.2) is 0 Å². The molecule has 0 aromatic heterocycles. The summed E-state index contributed by atoms with van der Waals surface area (Å²) >= 11 is 0. The third-order valence-electron chi connectivity index (χ3n) is 9.62. The van der Waals surface area contributed by atoms with E-state index in [2.05, 4.69) is 11.8 Å². The normalized spacial score (nSPS) is 11.8. The zero-order chi connectivity index (χ0) is 43.9. The number of nitrogens with zero attached hydrogens (tertiary/aromatic N) is 1. The lowest BCUT2D eigenvalue weighted by molar-refractivity contribution is -0.0207. The molecule has 0 aliphatic heterocycles. The molecule has 0 radical (unpaired) electrons. The number of ether oxygens (including phenoxy) is 12. The molecule has 0 aromatic rings. The minimum absolute atomic E-state index is 0.0264. The second-order valence-electron chi connectivity index (χ2n) is 14.9. The zero-order valence-corrected chi connectivity index (χ0v) is 39.1. The third kappa shape index (κ3) is 55.5. The van der Waals surface area contributed by atoms with E-state index < -0.39 is 0 Å². The first-order valence-electron chi connectivity index (χ1n) is 24.2. The van der Waals surface area contributed by atoms with E-state index in [0.717, 1.165) is 19.6 Å². The number of hydrogen-bond donors (Lipinski definition) is 2. The van der Waals surface area contributed by atoms with Gasteiger partial charge in [-0.1, -0.05) is 103 Å². The SMILES string of the molecule is CCCCCCCCCCCCCCCCCCN(CCOCCOCCOCCOCCOCCOCCO)CCOCCOCCOCCOCCOCCOCCO. The fraction of sp³-hybridized carbons (Fsp3) is 1.00. The van der Waals surface area contributed by atoms with Crippen molar-refractivity contribution >= 4 is 0 Å². The molecule has 0 rings (SSSR count). The van der Waals surface area contributed by atoms with Gasteiger partial charge in [0.15, 0.2) is 0 Å². The molecule has 0 aliphatic rings. The summed E-state index contributed by atoms with van der Waals surface area (Å²) in [6.07, 6.45) is 22.0. The maximum atomic E-state index is 8.66. The van der Waals surface area contributed by atoms with Crippen LogP contribution in [0.2, 0.25) is 0 Å². The van der Waals surface area contributed by atoms with Gasteiger partial charge in [0, 0.05) is 13.1 Å². The molecular formula is C46H95NO14. The van der Waals surface area contributed by atoms with E-state index in [4.69, 9.17) is 67.1 Å². The van der Waals surface area contributed by atoms with Crippen molar-refractivity contribution in [1.29, 1.82) is 0 Å². The zero-order valence-electron chi connectivity index (χ0n) is 39.1. The molecule has 0 saturated heterocycles. The highest BCUT2D eigenvalue weighted by atomic mass is 16.6. The van der Waals surface area contributed by atoms with Gasteiger partial charge in [-0.25, -0.2) is 0 Å². The van der Waals surface area contributed by atoms with Crippen molar-refractivity contribution < 1.29 is 67.1 Å². The second kappa shape index (κ2) is 57.4. The highest BCUT2D eigenvalue weighted by molar-refractivity contribution is 4.59. The van der Waals surface area contributed by atoms with Gasteiger partial charge in [0.05, 0.1) is 172 Å². The first-order chi connectivity index (χ1) is 30.3. The Balaban J connectivity index is 3.95. The monoisotopic (exact) mass is 886 g/mol. The largest absolute Gasteiger partial charge is 0.394 e. The average Bonchev–Trinajstić information content (AvgIpc) is 3.27. The highest BCUT2D eigenvalue weighted by Crippen LogP contribution is 2.14. The van der Waals surface area contributed by atoms with E-state index in [9.17, 15) is 0 Å². The fourth-order valence-corrected chi connectivity index (χ4v) is 6.14. The minimum Gasteiger partial charge on any atom is -0.394 e. The molecule has 15 nitrogen and oxygen atoms in total. The van der Waals surface area contributed by atoms with Gasteiger partial charge >= 0.3 is 0 Å². The number of unbranched alkanes of at least 4 members (excludes halogenated alkanes) is 15. The molecule has 0 fully saturated rings. The van der Waals surface area contributed by atoms with Crippen LogP contribution in [0.5, 0.6) is 0 Å². The topological polar surface area (TPSA) is 154 Å². The summed E-state index contributed by atoms with van der Waals surface area (Å²) in [5.74, 6) is 0. The van der Waals surface area contributed by atoms with Gasteiger partial charge in [-0.3, -0.25) is 4.90 Å². The summed E-state index contributed by atoms with van der Waals surface area (Å²) in [5, 5.41) is 17.3. The molecule has 0 aliphatic carbocycles. The predicted molar refractivity (Wildman–Crippen MR) is 240 cm³/mol. The molecule has 0 saturated carbocycles. The van der Waals surface area contributed by atoms with Crippen LogP contribution in [0, 0.1) is 0 Å². The van der Waals surface area contributed by atoms with Crippen LogP contribution in [-0.2, 0) is 56.8 Å². The summed E-state index contributed by atoms with van der Waals surface area (Å²) in [6.45, 7) is 17.5. The Hall–Kier alpha value is -0.600. The van der Waals surface area contributed by atoms with Crippen molar-refractivity contribution in [2.75, 3.05) is 191 Å². The van der Waals surface area contributed by atoms with Crippen LogP contribution >= 0.6 is 0 Å². The van der Waals surface area contributed by atoms with Crippen molar-refractivity contribution in [3.8, 4) is 0 Å². The van der Waals surface area contributed by atoms with Crippen molar-refractivity contribution in [2.24, 2.45) is 0 Å². The lowest BCUT2D eigenvalue weighted by Crippen LogP contribution is -2.32. The summed E-state index contributed by atoms with van der Waals surface area (Å²) < 4.78 is 66.3. The lowest BCUT2D eigenvalue weighted by Gasteiger charge is -2.22. The molecule has 2 N–H and O–H groups in total. The molecule has 0 spiro atoms. The molecule has 0 atom stereocenters. The Kier molecular flexibility index (Phi) is 56.9. The van der Waals surface area contributed by atoms with Crippen LogP contribution in [0.1, 0.15) is 110 Å². The van der Waals surface area contributed by atoms with E-state index in [-0.39, 0.29) is 13.2 Å². The van der Waals surface area contributed by atoms with Crippen LogP contribution in [0.4, 0.5) is 0 Å². The summed E-state index contributed by atoms with van der Waals surface area (Å²) in [4.78, 5) is 2.46. The van der Waals surface area contributed by atoms with Crippen molar-refractivity contribution in [3.05, 3.63) is 0 Å². The van der Waals surface area contributed by atoms with E-state index >= 15 is 0 Å². The molecule has 61 heavy (non-hydrogen) atoms. The van der Waals surface area contributed by atoms with Crippen molar-refractivity contribution in [1.82, 2.24) is 4.90 Å². The Morgan fingerprint density at radius 3 is 0.656 bits per heavy atom. The average molecular weight is 886 g/mol. The van der Waals surface area contributed by atoms with E-state index in [0.29, 0.717) is 159 Å². The second-order valence-corrected chi connectivity index (χ2v) is 14.9. The number of rotatable bonds is 57. The molecule has 0 aromatic carbocycles. The molecule has 368 valence electrons. The molecule has 0 heterocycles. The smallest absolute Gasteiger partial charge is 0.0701 e. The van der Waals surface area contributed by atoms with Gasteiger partial charge in [0.1, 0.15) is 0 Å². The Morgan fingerprint density at radius 2 is 0.426 bits per heavy atom. The first-order valence-corrected chi connectivity index (χ1v) is 24.2. The van der Waals surface area contributed by atoms with Gasteiger partial charge in [-0.2, -0.15) is 0 Å². The molecule has 0 unspecified atom stereocenters. The van der Waals surface area contributed by atoms with Gasteiger partial charge in [0.25, 0.3) is 0 Å². The van der Waals surface area contributed by atoms with Gasteiger partial charge in [0.2, 0.25) is 0 Å². The number of aliphatic hydroxyl groups excluding tert-OH is 2. The summed E-state index contributed by atoms with van der Waals surface area (Å²) in [5.41, 5.74) is 0. The molecular weight excluding hydrogens is 790 g/mol. The highest BCUT2D eigenvalue weighted by Gasteiger charge is 2.06. The van der Waals surface area contributed by atoms with Gasteiger partial charge in [-0.05, 0) is 13.0 Å². The van der Waals surface area contributed by atoms with E-state index in [1.54, 1.807) is 0 Å². The molecule has 0 amide bonds. The fourth-order valence-electron chi connectivity index (χ4n) is 6.14. The third-order valence-corrected chi connectivity index (χ3v) is 9.62. The molecule has 0 bridgehead atoms. The van der Waals surface area contributed by atoms with Crippen molar-refractivity contribution in [3.63, 3.8) is 0 Å². The molecule has 15 heteroatoms. The summed E-state index contributed by atoms with van der Waals surface area (Å²) in [6, 6.07) is 0. The maximum Gasteiger partial charge on any atom is 0.0701 e. The predicted octanol–water partition coefficient (Wildman–Crippen LogP) is 5.73. The Morgan fingerprint density at radius 1 is 0.230 bits per heavy atom. The van der Waals surface area contributed by atoms with E-state index in [1.807, 2.05) is 0 Å². The maximum absolute atomic E-state index is 8.66. The number of hydrogen-bond acceptors (Lipinski definition) is 15. The quantitative estimate of drug-likeness (QED) is 0.0714. The first kappa shape index (κ1) is 60.4. The van der Waals surface area contributed by atoms with Gasteiger partial charge < -0.3 is 67.1 Å². The minimum atomic E-state index is 0.0264. The van der Waals surface area contributed by atoms with Crippen molar-refractivity contribution in [2.45, 2.75) is 110 Å². The lowest BCUT2D eigenvalue weighted by atomic mass is 10.0. The van der Waals surface area contributed by atoms with Crippen LogP contribution in [0.25, 0.3) is 0 Å². The standard InChI is InChI=1S/C46H95NO14/c1-2-3-4-5-6-7-8-9-10-11-12-13-14-15-16-17-18-47(19-23-50-27-31-54-35-39-58-43-45-60-41-37-56-33-29-52-25-21-48)20-24-51-28-32-55-36-40-59-44-46-61-42-38-57-34-30-53-26-22-49/h48-49H,2-46H2,1H3. The van der Waals surface area contributed by atoms with Crippen LogP contribution in [-0.4, -0.2) is 207 Å².